The summed E-state index contributed by atoms with van der Waals surface area (Å²) >= 11 is 0. The van der Waals surface area contributed by atoms with Gasteiger partial charge in [0.2, 0.25) is 17.7 Å². The number of carbonyl (C=O) groups is 6. The molecule has 3 N–H and O–H groups in total. The Morgan fingerprint density at radius 1 is 0.500 bits per heavy atom. The summed E-state index contributed by atoms with van der Waals surface area (Å²) in [5.41, 5.74) is 0.897. The van der Waals surface area contributed by atoms with E-state index >= 15 is 0 Å². The fourth-order valence-corrected chi connectivity index (χ4v) is 5.92. The van der Waals surface area contributed by atoms with Crippen LogP contribution in [-0.2, 0) is 68.5 Å². The van der Waals surface area contributed by atoms with Crippen LogP contribution in [0.2, 0.25) is 0 Å². The van der Waals surface area contributed by atoms with Crippen LogP contribution < -0.4 is 16.0 Å². The molecule has 0 saturated heterocycles. The molecular weight excluding hydrogens is 778 g/mol. The number of unbranched alkanes of at least 4 members (excludes halogenated alkanes) is 13. The Morgan fingerprint density at radius 2 is 1.00 bits per heavy atom. The molecule has 1 atom stereocenters. The quantitative estimate of drug-likeness (QED) is 0.0459. The van der Waals surface area contributed by atoms with Crippen LogP contribution in [0, 0.1) is 0 Å². The topological polar surface area (TPSA) is 203 Å². The molecule has 0 saturated carbocycles. The van der Waals surface area contributed by atoms with Gasteiger partial charge in [0.1, 0.15) is 25.9 Å². The number of methoxy groups -OCH3 is 2. The van der Waals surface area contributed by atoms with Gasteiger partial charge in [0, 0.05) is 32.4 Å². The van der Waals surface area contributed by atoms with Gasteiger partial charge in [-0.1, -0.05) is 107 Å². The zero-order chi connectivity index (χ0) is 43.7. The van der Waals surface area contributed by atoms with Gasteiger partial charge in [-0.3, -0.25) is 19.2 Å². The van der Waals surface area contributed by atoms with Gasteiger partial charge >= 0.3 is 17.9 Å². The highest BCUT2D eigenvalue weighted by Crippen LogP contribution is 2.14. The van der Waals surface area contributed by atoms with Crippen LogP contribution in [0.4, 0.5) is 0 Å². The summed E-state index contributed by atoms with van der Waals surface area (Å²) in [6, 6.07) is 8.46. The first-order valence-electron chi connectivity index (χ1n) is 21.7. The second-order valence-corrected chi connectivity index (χ2v) is 14.4. The lowest BCUT2D eigenvalue weighted by Crippen LogP contribution is -2.42. The summed E-state index contributed by atoms with van der Waals surface area (Å²) in [6.07, 6.45) is 16.8. The van der Waals surface area contributed by atoms with Gasteiger partial charge in [0.05, 0.1) is 53.9 Å². The van der Waals surface area contributed by atoms with Crippen molar-refractivity contribution in [1.29, 1.82) is 0 Å². The standard InChI is InChI=1S/C44H73N3O13/c1-54-42(51)23-19-14-12-10-8-6-4-3-5-7-9-11-13-18-22-40(49)47-38(44(53)55-2)24-25-39(48)45-26-28-56-30-32-58-35-41(50)46-27-29-57-31-33-59-36-43(52)60-34-37-20-16-15-17-21-37/h15-17,20-21,38H,3-14,18-19,22-36H2,1-2H3,(H,45,48)(H,46,50)(H,47,49)/t38-/m0/s1. The molecule has 0 unspecified atom stereocenters. The van der Waals surface area contributed by atoms with Crippen LogP contribution in [0.15, 0.2) is 30.3 Å². The van der Waals surface area contributed by atoms with E-state index < -0.39 is 18.0 Å². The van der Waals surface area contributed by atoms with Crippen molar-refractivity contribution in [2.45, 2.75) is 128 Å². The Balaban J connectivity index is 1.94. The molecule has 1 aromatic rings. The average Bonchev–Trinajstić information content (AvgIpc) is 3.25. The molecule has 0 aromatic heterocycles. The fourth-order valence-electron chi connectivity index (χ4n) is 5.92. The second-order valence-electron chi connectivity index (χ2n) is 14.4. The van der Waals surface area contributed by atoms with Gasteiger partial charge in [-0.15, -0.1) is 0 Å². The van der Waals surface area contributed by atoms with Crippen molar-refractivity contribution >= 4 is 35.6 Å². The molecule has 16 heteroatoms. The van der Waals surface area contributed by atoms with Crippen molar-refractivity contribution in [2.24, 2.45) is 0 Å². The fraction of sp³-hybridized carbons (Fsp3) is 0.727. The number of hydrogen-bond donors (Lipinski definition) is 3. The first-order valence-corrected chi connectivity index (χ1v) is 21.7. The van der Waals surface area contributed by atoms with Crippen molar-refractivity contribution in [2.75, 3.05) is 80.2 Å². The molecule has 0 aliphatic heterocycles. The van der Waals surface area contributed by atoms with Crippen molar-refractivity contribution < 1.29 is 61.9 Å². The predicted molar refractivity (Wildman–Crippen MR) is 225 cm³/mol. The number of rotatable bonds is 40. The lowest BCUT2D eigenvalue weighted by Gasteiger charge is -2.16. The van der Waals surface area contributed by atoms with Crippen molar-refractivity contribution in [3.63, 3.8) is 0 Å². The van der Waals surface area contributed by atoms with E-state index in [1.54, 1.807) is 0 Å². The largest absolute Gasteiger partial charge is 0.469 e. The average molecular weight is 852 g/mol. The predicted octanol–water partition coefficient (Wildman–Crippen LogP) is 4.88. The molecule has 3 amide bonds. The van der Waals surface area contributed by atoms with Crippen LogP contribution in [0.3, 0.4) is 0 Å². The van der Waals surface area contributed by atoms with E-state index in [-0.39, 0.29) is 109 Å². The van der Waals surface area contributed by atoms with E-state index in [1.165, 1.54) is 65.6 Å². The molecule has 60 heavy (non-hydrogen) atoms. The number of carbonyl (C=O) groups excluding carboxylic acids is 6. The summed E-state index contributed by atoms with van der Waals surface area (Å²) in [5.74, 6) is -1.98. The molecule has 1 rings (SSSR count). The highest BCUT2D eigenvalue weighted by Gasteiger charge is 2.22. The number of hydrogen-bond acceptors (Lipinski definition) is 13. The Morgan fingerprint density at radius 3 is 1.55 bits per heavy atom. The molecule has 1 aromatic carbocycles. The Labute approximate surface area is 357 Å². The monoisotopic (exact) mass is 852 g/mol. The molecule has 0 spiro atoms. The van der Waals surface area contributed by atoms with Gasteiger partial charge in [0.15, 0.2) is 0 Å². The maximum absolute atomic E-state index is 12.5. The smallest absolute Gasteiger partial charge is 0.332 e. The third-order valence-electron chi connectivity index (χ3n) is 9.32. The van der Waals surface area contributed by atoms with Crippen LogP contribution in [0.5, 0.6) is 0 Å². The summed E-state index contributed by atoms with van der Waals surface area (Å²) in [5, 5.41) is 8.10. The van der Waals surface area contributed by atoms with Gasteiger partial charge in [-0.05, 0) is 24.8 Å². The number of nitrogens with one attached hydrogen (secondary N) is 3. The Kier molecular flexibility index (Phi) is 35.1. The minimum Gasteiger partial charge on any atom is -0.469 e. The number of esters is 3. The maximum atomic E-state index is 12.5. The normalized spacial score (nSPS) is 11.4. The summed E-state index contributed by atoms with van der Waals surface area (Å²) in [6.45, 7) is 1.82. The zero-order valence-electron chi connectivity index (χ0n) is 36.3. The lowest BCUT2D eigenvalue weighted by atomic mass is 10.0. The van der Waals surface area contributed by atoms with E-state index in [9.17, 15) is 28.8 Å². The number of ether oxygens (including phenoxy) is 7. The Bertz CT molecular complexity index is 1290. The minimum absolute atomic E-state index is 0.0294. The van der Waals surface area contributed by atoms with Crippen LogP contribution in [0.1, 0.15) is 121 Å². The minimum atomic E-state index is -0.896. The SMILES string of the molecule is COC(=O)CCCCCCCCCCCCCCCCC(=O)N[C@@H](CCC(=O)NCCOCCOCC(=O)NCCOCCOCC(=O)OCc1ccccc1)C(=O)OC. The first-order chi connectivity index (χ1) is 29.2. The second kappa shape index (κ2) is 39.0. The van der Waals surface area contributed by atoms with Crippen molar-refractivity contribution in [1.82, 2.24) is 16.0 Å². The first kappa shape index (κ1) is 53.9. The number of amides is 3. The van der Waals surface area contributed by atoms with Gasteiger partial charge < -0.3 is 49.1 Å². The van der Waals surface area contributed by atoms with Gasteiger partial charge in [-0.25, -0.2) is 9.59 Å². The van der Waals surface area contributed by atoms with Gasteiger partial charge in [-0.2, -0.15) is 0 Å². The molecule has 342 valence electrons. The third kappa shape index (κ3) is 33.7. The Hall–Kier alpha value is -4.12. The molecule has 0 aliphatic rings. The maximum Gasteiger partial charge on any atom is 0.332 e. The third-order valence-corrected chi connectivity index (χ3v) is 9.32. The molecule has 0 aliphatic carbocycles. The summed E-state index contributed by atoms with van der Waals surface area (Å²) < 4.78 is 36.0. The van der Waals surface area contributed by atoms with Crippen LogP contribution >= 0.6 is 0 Å². The number of benzene rings is 1. The zero-order valence-corrected chi connectivity index (χ0v) is 36.3. The molecule has 0 fully saturated rings. The van der Waals surface area contributed by atoms with Crippen molar-refractivity contribution in [3.05, 3.63) is 35.9 Å². The van der Waals surface area contributed by atoms with Crippen LogP contribution in [-0.4, -0.2) is 122 Å². The summed E-state index contributed by atoms with van der Waals surface area (Å²) in [7, 11) is 2.68. The van der Waals surface area contributed by atoms with Crippen LogP contribution in [0.25, 0.3) is 0 Å². The molecule has 16 nitrogen and oxygen atoms in total. The van der Waals surface area contributed by atoms with E-state index in [1.807, 2.05) is 30.3 Å². The highest BCUT2D eigenvalue weighted by molar-refractivity contribution is 5.85. The van der Waals surface area contributed by atoms with E-state index in [2.05, 4.69) is 20.7 Å². The van der Waals surface area contributed by atoms with E-state index in [0.717, 1.165) is 44.1 Å². The van der Waals surface area contributed by atoms with E-state index in [0.29, 0.717) is 12.8 Å². The molecule has 0 heterocycles. The highest BCUT2D eigenvalue weighted by atomic mass is 16.6. The molecular formula is C44H73N3O13. The van der Waals surface area contributed by atoms with Gasteiger partial charge in [0.25, 0.3) is 0 Å². The van der Waals surface area contributed by atoms with E-state index in [4.69, 9.17) is 28.4 Å². The summed E-state index contributed by atoms with van der Waals surface area (Å²) in [4.78, 5) is 71.8. The molecule has 0 bridgehead atoms. The molecule has 0 radical (unpaired) electrons. The van der Waals surface area contributed by atoms with Crippen molar-refractivity contribution in [3.8, 4) is 0 Å². The lowest BCUT2D eigenvalue weighted by molar-refractivity contribution is -0.151.